The number of amides is 1. The summed E-state index contributed by atoms with van der Waals surface area (Å²) in [6, 6.07) is 1.89. The lowest BCUT2D eigenvalue weighted by Crippen LogP contribution is -2.32. The third-order valence-electron chi connectivity index (χ3n) is 3.33. The highest BCUT2D eigenvalue weighted by Gasteiger charge is 2.20. The van der Waals surface area contributed by atoms with Crippen molar-refractivity contribution in [3.63, 3.8) is 0 Å². The molecular weight excluding hydrogens is 214 g/mol. The van der Waals surface area contributed by atoms with Crippen LogP contribution in [0.15, 0.2) is 6.07 Å². The highest BCUT2D eigenvalue weighted by molar-refractivity contribution is 5.92. The molecule has 1 N–H and O–H groups in total. The average Bonchev–Trinajstić information content (AvgIpc) is 2.65. The van der Waals surface area contributed by atoms with Crippen molar-refractivity contribution in [2.45, 2.75) is 45.4 Å². The van der Waals surface area contributed by atoms with Crippen LogP contribution in [0.5, 0.6) is 0 Å². The van der Waals surface area contributed by atoms with E-state index in [1.807, 2.05) is 11.0 Å². The van der Waals surface area contributed by atoms with Crippen molar-refractivity contribution >= 4 is 5.91 Å². The minimum absolute atomic E-state index is 0.0788. The number of likely N-dealkylation sites (tertiary alicyclic amines) is 1. The second kappa shape index (κ2) is 5.34. The van der Waals surface area contributed by atoms with Crippen molar-refractivity contribution in [1.82, 2.24) is 15.1 Å². The number of nitrogens with zero attached hydrogens (tertiary/aromatic N) is 2. The van der Waals surface area contributed by atoms with Gasteiger partial charge in [0.05, 0.1) is 0 Å². The lowest BCUT2D eigenvalue weighted by atomic mass is 10.1. The van der Waals surface area contributed by atoms with E-state index in [2.05, 4.69) is 24.0 Å². The molecule has 0 radical (unpaired) electrons. The number of hydrogen-bond donors (Lipinski definition) is 1. The normalized spacial score (nSPS) is 17.2. The molecule has 17 heavy (non-hydrogen) atoms. The topological polar surface area (TPSA) is 49.0 Å². The predicted molar refractivity (Wildman–Crippen MR) is 67.0 cm³/mol. The predicted octanol–water partition coefficient (Wildman–Crippen LogP) is 2.55. The van der Waals surface area contributed by atoms with E-state index in [4.69, 9.17) is 0 Å². The SMILES string of the molecule is CC(C)c1cc(C(=O)N2CCCCCC2)n[nH]1. The third kappa shape index (κ3) is 2.87. The van der Waals surface area contributed by atoms with E-state index in [9.17, 15) is 4.79 Å². The Hall–Kier alpha value is -1.32. The molecule has 0 aliphatic carbocycles. The molecule has 1 aliphatic rings. The summed E-state index contributed by atoms with van der Waals surface area (Å²) >= 11 is 0. The maximum Gasteiger partial charge on any atom is 0.274 e. The van der Waals surface area contributed by atoms with Gasteiger partial charge in [-0.1, -0.05) is 26.7 Å². The lowest BCUT2D eigenvalue weighted by molar-refractivity contribution is 0.0755. The first kappa shape index (κ1) is 12.1. The molecule has 2 heterocycles. The standard InChI is InChI=1S/C13H21N3O/c1-10(2)11-9-12(15-14-11)13(17)16-7-5-3-4-6-8-16/h9-10H,3-8H2,1-2H3,(H,14,15). The Kier molecular flexibility index (Phi) is 3.82. The Labute approximate surface area is 102 Å². The fraction of sp³-hybridized carbons (Fsp3) is 0.692. The largest absolute Gasteiger partial charge is 0.337 e. The van der Waals surface area contributed by atoms with Crippen LogP contribution < -0.4 is 0 Å². The van der Waals surface area contributed by atoms with Gasteiger partial charge in [-0.25, -0.2) is 0 Å². The number of hydrogen-bond acceptors (Lipinski definition) is 2. The monoisotopic (exact) mass is 235 g/mol. The van der Waals surface area contributed by atoms with Gasteiger partial charge >= 0.3 is 0 Å². The maximum atomic E-state index is 12.2. The van der Waals surface area contributed by atoms with Crippen LogP contribution in [0.25, 0.3) is 0 Å². The molecule has 0 saturated carbocycles. The molecule has 1 aromatic rings. The lowest BCUT2D eigenvalue weighted by Gasteiger charge is -2.18. The van der Waals surface area contributed by atoms with Crippen molar-refractivity contribution in [3.8, 4) is 0 Å². The summed E-state index contributed by atoms with van der Waals surface area (Å²) in [7, 11) is 0. The Morgan fingerprint density at radius 3 is 2.47 bits per heavy atom. The van der Waals surface area contributed by atoms with Crippen LogP contribution in [0, 0.1) is 0 Å². The third-order valence-corrected chi connectivity index (χ3v) is 3.33. The van der Waals surface area contributed by atoms with Gasteiger partial charge in [0.25, 0.3) is 5.91 Å². The molecule has 0 spiro atoms. The van der Waals surface area contributed by atoms with E-state index in [1.54, 1.807) is 0 Å². The summed E-state index contributed by atoms with van der Waals surface area (Å²) in [6.07, 6.45) is 4.71. The van der Waals surface area contributed by atoms with Crippen molar-refractivity contribution in [2.24, 2.45) is 0 Å². The Balaban J connectivity index is 2.06. The molecule has 94 valence electrons. The smallest absolute Gasteiger partial charge is 0.274 e. The molecule has 2 rings (SSSR count). The zero-order chi connectivity index (χ0) is 12.3. The summed E-state index contributed by atoms with van der Waals surface area (Å²) in [5.41, 5.74) is 1.60. The van der Waals surface area contributed by atoms with Crippen molar-refractivity contribution in [2.75, 3.05) is 13.1 Å². The maximum absolute atomic E-state index is 12.2. The highest BCUT2D eigenvalue weighted by atomic mass is 16.2. The number of carbonyl (C=O) groups excluding carboxylic acids is 1. The number of aromatic nitrogens is 2. The van der Waals surface area contributed by atoms with Gasteiger partial charge in [0.1, 0.15) is 5.69 Å². The summed E-state index contributed by atoms with van der Waals surface area (Å²) in [4.78, 5) is 14.2. The fourth-order valence-electron chi connectivity index (χ4n) is 2.18. The van der Waals surface area contributed by atoms with Crippen LogP contribution in [0.4, 0.5) is 0 Å². The van der Waals surface area contributed by atoms with Gasteiger partial charge in [-0.3, -0.25) is 9.89 Å². The molecule has 0 aromatic carbocycles. The Bertz CT molecular complexity index is 376. The van der Waals surface area contributed by atoms with E-state index >= 15 is 0 Å². The van der Waals surface area contributed by atoms with E-state index in [1.165, 1.54) is 12.8 Å². The van der Waals surface area contributed by atoms with Gasteiger partial charge in [0, 0.05) is 18.8 Å². The number of carbonyl (C=O) groups is 1. The minimum Gasteiger partial charge on any atom is -0.337 e. The van der Waals surface area contributed by atoms with Gasteiger partial charge < -0.3 is 4.90 Å². The quantitative estimate of drug-likeness (QED) is 0.856. The van der Waals surface area contributed by atoms with E-state index in [0.29, 0.717) is 11.6 Å². The Morgan fingerprint density at radius 2 is 1.94 bits per heavy atom. The van der Waals surface area contributed by atoms with Crippen molar-refractivity contribution in [1.29, 1.82) is 0 Å². The van der Waals surface area contributed by atoms with Crippen LogP contribution in [-0.4, -0.2) is 34.1 Å². The van der Waals surface area contributed by atoms with Gasteiger partial charge in [-0.2, -0.15) is 5.10 Å². The molecule has 4 nitrogen and oxygen atoms in total. The summed E-state index contributed by atoms with van der Waals surface area (Å²) in [5, 5.41) is 7.07. The number of nitrogens with one attached hydrogen (secondary N) is 1. The molecular formula is C13H21N3O. The van der Waals surface area contributed by atoms with Crippen LogP contribution >= 0.6 is 0 Å². The summed E-state index contributed by atoms with van der Waals surface area (Å²) < 4.78 is 0. The molecule has 0 unspecified atom stereocenters. The van der Waals surface area contributed by atoms with E-state index in [0.717, 1.165) is 31.6 Å². The summed E-state index contributed by atoms with van der Waals surface area (Å²) in [6.45, 7) is 5.94. The number of rotatable bonds is 2. The second-order valence-corrected chi connectivity index (χ2v) is 5.07. The second-order valence-electron chi connectivity index (χ2n) is 5.07. The fourth-order valence-corrected chi connectivity index (χ4v) is 2.18. The van der Waals surface area contributed by atoms with Gasteiger partial charge in [0.15, 0.2) is 0 Å². The summed E-state index contributed by atoms with van der Waals surface area (Å²) in [5.74, 6) is 0.461. The van der Waals surface area contributed by atoms with Crippen molar-refractivity contribution < 1.29 is 4.79 Å². The first-order valence-corrected chi connectivity index (χ1v) is 6.53. The van der Waals surface area contributed by atoms with Crippen LogP contribution in [0.3, 0.4) is 0 Å². The minimum atomic E-state index is 0.0788. The molecule has 4 heteroatoms. The van der Waals surface area contributed by atoms with Gasteiger partial charge in [-0.15, -0.1) is 0 Å². The van der Waals surface area contributed by atoms with Gasteiger partial charge in [-0.05, 0) is 24.8 Å². The number of H-pyrrole nitrogens is 1. The molecule has 0 atom stereocenters. The molecule has 1 aliphatic heterocycles. The zero-order valence-electron chi connectivity index (χ0n) is 10.7. The first-order chi connectivity index (χ1) is 8.18. The van der Waals surface area contributed by atoms with Crippen LogP contribution in [0.1, 0.15) is 61.6 Å². The average molecular weight is 235 g/mol. The molecule has 1 aromatic heterocycles. The molecule has 1 amide bonds. The van der Waals surface area contributed by atoms with Crippen LogP contribution in [0.2, 0.25) is 0 Å². The first-order valence-electron chi connectivity index (χ1n) is 6.53. The van der Waals surface area contributed by atoms with Crippen molar-refractivity contribution in [3.05, 3.63) is 17.5 Å². The van der Waals surface area contributed by atoms with Crippen LogP contribution in [-0.2, 0) is 0 Å². The van der Waals surface area contributed by atoms with E-state index in [-0.39, 0.29) is 5.91 Å². The zero-order valence-corrected chi connectivity index (χ0v) is 10.7. The molecule has 1 fully saturated rings. The highest BCUT2D eigenvalue weighted by Crippen LogP contribution is 2.15. The molecule has 1 saturated heterocycles. The van der Waals surface area contributed by atoms with E-state index < -0.39 is 0 Å². The molecule has 0 bridgehead atoms. The number of aromatic amines is 1. The Morgan fingerprint density at radius 1 is 1.29 bits per heavy atom. The van der Waals surface area contributed by atoms with Gasteiger partial charge in [0.2, 0.25) is 0 Å².